The van der Waals surface area contributed by atoms with Gasteiger partial charge in [-0.3, -0.25) is 14.3 Å². The fourth-order valence-electron chi connectivity index (χ4n) is 4.70. The van der Waals surface area contributed by atoms with Crippen molar-refractivity contribution in [1.82, 2.24) is 29.7 Å². The summed E-state index contributed by atoms with van der Waals surface area (Å²) in [5.41, 5.74) is 1.67. The SMILES string of the molecule is Cc1cc(C2CCCN2C(C)(C(=O)NCc2ccccc2)C2OC=CO2)nc(-n2ccnc2)n1. The molecule has 1 aromatic carbocycles. The smallest absolute Gasteiger partial charge is 0.266 e. The molecule has 0 bridgehead atoms. The lowest BCUT2D eigenvalue weighted by molar-refractivity contribution is -0.166. The molecule has 1 fully saturated rings. The molecule has 2 atom stereocenters. The van der Waals surface area contributed by atoms with Gasteiger partial charge in [-0.2, -0.15) is 0 Å². The van der Waals surface area contributed by atoms with Crippen LogP contribution in [0.4, 0.5) is 0 Å². The molecule has 1 N–H and O–H groups in total. The predicted octanol–water partition coefficient (Wildman–Crippen LogP) is 3.03. The van der Waals surface area contributed by atoms with Crippen molar-refractivity contribution in [2.24, 2.45) is 0 Å². The number of carbonyl (C=O) groups is 1. The van der Waals surface area contributed by atoms with Crippen LogP contribution in [0, 0.1) is 6.92 Å². The zero-order valence-electron chi connectivity index (χ0n) is 19.3. The molecule has 9 nitrogen and oxygen atoms in total. The first-order valence-corrected chi connectivity index (χ1v) is 11.4. The van der Waals surface area contributed by atoms with Crippen LogP contribution in [-0.2, 0) is 20.8 Å². The van der Waals surface area contributed by atoms with Crippen LogP contribution < -0.4 is 5.32 Å². The number of ether oxygens (including phenoxy) is 2. The number of amides is 1. The number of hydrogen-bond acceptors (Lipinski definition) is 7. The van der Waals surface area contributed by atoms with Gasteiger partial charge in [0, 0.05) is 31.2 Å². The molecule has 0 aliphatic carbocycles. The first-order chi connectivity index (χ1) is 16.6. The highest BCUT2D eigenvalue weighted by Gasteiger charge is 2.54. The Morgan fingerprint density at radius 1 is 1.21 bits per heavy atom. The summed E-state index contributed by atoms with van der Waals surface area (Å²) in [6, 6.07) is 11.7. The highest BCUT2D eigenvalue weighted by Crippen LogP contribution is 2.40. The van der Waals surface area contributed by atoms with Gasteiger partial charge in [-0.05, 0) is 38.3 Å². The number of nitrogens with one attached hydrogen (secondary N) is 1. The van der Waals surface area contributed by atoms with Gasteiger partial charge in [0.05, 0.1) is 11.7 Å². The first-order valence-electron chi connectivity index (χ1n) is 11.4. The number of benzene rings is 1. The Balaban J connectivity index is 1.46. The van der Waals surface area contributed by atoms with E-state index in [0.29, 0.717) is 19.0 Å². The number of likely N-dealkylation sites (tertiary alicyclic amines) is 1. The molecule has 176 valence electrons. The number of rotatable bonds is 7. The van der Waals surface area contributed by atoms with Gasteiger partial charge < -0.3 is 14.8 Å². The summed E-state index contributed by atoms with van der Waals surface area (Å²) < 4.78 is 13.3. The Morgan fingerprint density at radius 3 is 2.74 bits per heavy atom. The molecule has 0 spiro atoms. The van der Waals surface area contributed by atoms with Gasteiger partial charge in [-0.25, -0.2) is 15.0 Å². The Labute approximate surface area is 198 Å². The zero-order chi connectivity index (χ0) is 23.5. The quantitative estimate of drug-likeness (QED) is 0.579. The fourth-order valence-corrected chi connectivity index (χ4v) is 4.70. The van der Waals surface area contributed by atoms with Crippen LogP contribution in [0.2, 0.25) is 0 Å². The molecule has 0 radical (unpaired) electrons. The second-order valence-corrected chi connectivity index (χ2v) is 8.75. The van der Waals surface area contributed by atoms with Gasteiger partial charge in [0.15, 0.2) is 5.54 Å². The van der Waals surface area contributed by atoms with Crippen LogP contribution >= 0.6 is 0 Å². The molecule has 2 aromatic heterocycles. The molecule has 1 amide bonds. The number of carbonyl (C=O) groups excluding carboxylic acids is 1. The molecule has 3 aromatic rings. The van der Waals surface area contributed by atoms with E-state index in [4.69, 9.17) is 14.5 Å². The lowest BCUT2D eigenvalue weighted by atomic mass is 9.94. The zero-order valence-corrected chi connectivity index (χ0v) is 19.3. The summed E-state index contributed by atoms with van der Waals surface area (Å²) in [7, 11) is 0. The van der Waals surface area contributed by atoms with Crippen molar-refractivity contribution in [2.75, 3.05) is 6.54 Å². The normalized spacial score (nSPS) is 20.0. The van der Waals surface area contributed by atoms with Crippen molar-refractivity contribution in [3.05, 3.63) is 84.6 Å². The molecule has 2 aliphatic heterocycles. The predicted molar refractivity (Wildman–Crippen MR) is 124 cm³/mol. The highest BCUT2D eigenvalue weighted by atomic mass is 16.7. The Kier molecular flexibility index (Phi) is 6.02. The topological polar surface area (TPSA) is 94.4 Å². The summed E-state index contributed by atoms with van der Waals surface area (Å²) in [5, 5.41) is 3.10. The summed E-state index contributed by atoms with van der Waals surface area (Å²) in [6.45, 7) is 4.97. The van der Waals surface area contributed by atoms with Crippen LogP contribution in [0.25, 0.3) is 5.95 Å². The third-order valence-corrected chi connectivity index (χ3v) is 6.46. The molecule has 0 saturated carbocycles. The number of aryl methyl sites for hydroxylation is 1. The van der Waals surface area contributed by atoms with Gasteiger partial charge in [0.25, 0.3) is 6.29 Å². The largest absolute Gasteiger partial charge is 0.457 e. The maximum Gasteiger partial charge on any atom is 0.266 e. The molecular weight excluding hydrogens is 432 g/mol. The van der Waals surface area contributed by atoms with E-state index < -0.39 is 11.8 Å². The van der Waals surface area contributed by atoms with Crippen molar-refractivity contribution in [2.45, 2.75) is 51.1 Å². The van der Waals surface area contributed by atoms with Crippen molar-refractivity contribution >= 4 is 5.91 Å². The molecule has 2 unspecified atom stereocenters. The number of aromatic nitrogens is 4. The monoisotopic (exact) mass is 460 g/mol. The van der Waals surface area contributed by atoms with E-state index in [1.807, 2.05) is 56.4 Å². The standard InChI is InChI=1S/C25H28N6O3/c1-18-15-20(29-24(28-18)30-12-10-26-17-30)21-9-6-11-31(21)25(2,23-33-13-14-34-23)22(32)27-16-19-7-4-3-5-8-19/h3-5,7-8,10,12-15,17,21,23H,6,9,11,16H2,1-2H3,(H,27,32). The molecule has 5 rings (SSSR count). The van der Waals surface area contributed by atoms with Crippen molar-refractivity contribution in [3.8, 4) is 5.95 Å². The second kappa shape index (κ2) is 9.26. The maximum absolute atomic E-state index is 13.7. The molecule has 34 heavy (non-hydrogen) atoms. The summed E-state index contributed by atoms with van der Waals surface area (Å²) in [4.78, 5) is 29.4. The van der Waals surface area contributed by atoms with Crippen LogP contribution in [-0.4, -0.2) is 48.7 Å². The van der Waals surface area contributed by atoms with Crippen LogP contribution in [0.5, 0.6) is 0 Å². The molecule has 1 saturated heterocycles. The van der Waals surface area contributed by atoms with E-state index in [-0.39, 0.29) is 11.9 Å². The summed E-state index contributed by atoms with van der Waals surface area (Å²) in [5.74, 6) is 0.405. The minimum absolute atomic E-state index is 0.0933. The molecule has 4 heterocycles. The maximum atomic E-state index is 13.7. The average molecular weight is 461 g/mol. The van der Waals surface area contributed by atoms with Gasteiger partial charge in [0.1, 0.15) is 18.9 Å². The van der Waals surface area contributed by atoms with Crippen LogP contribution in [0.1, 0.15) is 42.8 Å². The third kappa shape index (κ3) is 4.14. The van der Waals surface area contributed by atoms with E-state index >= 15 is 0 Å². The summed E-state index contributed by atoms with van der Waals surface area (Å²) >= 11 is 0. The van der Waals surface area contributed by atoms with Gasteiger partial charge >= 0.3 is 0 Å². The second-order valence-electron chi connectivity index (χ2n) is 8.75. The third-order valence-electron chi connectivity index (χ3n) is 6.46. The fraction of sp³-hybridized carbons (Fsp3) is 0.360. The van der Waals surface area contributed by atoms with E-state index in [9.17, 15) is 4.79 Å². The number of hydrogen-bond donors (Lipinski definition) is 1. The number of nitrogens with zero attached hydrogens (tertiary/aromatic N) is 5. The minimum Gasteiger partial charge on any atom is -0.457 e. The average Bonchev–Trinajstić information content (AvgIpc) is 3.65. The lowest BCUT2D eigenvalue weighted by Crippen LogP contribution is -2.63. The van der Waals surface area contributed by atoms with E-state index in [1.165, 1.54) is 12.5 Å². The minimum atomic E-state index is -1.08. The molecule has 9 heteroatoms. The van der Waals surface area contributed by atoms with Crippen molar-refractivity contribution in [1.29, 1.82) is 0 Å². The van der Waals surface area contributed by atoms with E-state index in [0.717, 1.165) is 29.8 Å². The Morgan fingerprint density at radius 2 is 2.00 bits per heavy atom. The Hall–Kier alpha value is -3.72. The van der Waals surface area contributed by atoms with Crippen molar-refractivity contribution in [3.63, 3.8) is 0 Å². The summed E-state index contributed by atoms with van der Waals surface area (Å²) in [6.07, 6.45) is 9.20. The van der Waals surface area contributed by atoms with E-state index in [1.54, 1.807) is 17.1 Å². The molecular formula is C25H28N6O3. The van der Waals surface area contributed by atoms with Gasteiger partial charge in [-0.15, -0.1) is 0 Å². The van der Waals surface area contributed by atoms with Crippen LogP contribution in [0.15, 0.2) is 67.6 Å². The van der Waals surface area contributed by atoms with Gasteiger partial charge in [-0.1, -0.05) is 30.3 Å². The lowest BCUT2D eigenvalue weighted by Gasteiger charge is -2.42. The van der Waals surface area contributed by atoms with E-state index in [2.05, 4.69) is 20.2 Å². The number of imidazole rings is 1. The van der Waals surface area contributed by atoms with Gasteiger partial charge in [0.2, 0.25) is 11.9 Å². The molecule has 2 aliphatic rings. The first kappa shape index (κ1) is 22.1. The highest BCUT2D eigenvalue weighted by molar-refractivity contribution is 5.86. The Bertz CT molecular complexity index is 1160. The van der Waals surface area contributed by atoms with Crippen LogP contribution in [0.3, 0.4) is 0 Å². The van der Waals surface area contributed by atoms with Crippen molar-refractivity contribution < 1.29 is 14.3 Å².